The van der Waals surface area contributed by atoms with Crippen LogP contribution in [0.2, 0.25) is 0 Å². The molecule has 8 heteroatoms. The Morgan fingerprint density at radius 1 is 1.40 bits per heavy atom. The van der Waals surface area contributed by atoms with E-state index in [-0.39, 0.29) is 12.5 Å². The summed E-state index contributed by atoms with van der Waals surface area (Å²) in [5.74, 6) is -0.351. The van der Waals surface area contributed by atoms with Crippen molar-refractivity contribution in [3.05, 3.63) is 11.1 Å². The summed E-state index contributed by atoms with van der Waals surface area (Å²) in [6.45, 7) is 5.54. The van der Waals surface area contributed by atoms with Gasteiger partial charge in [0.15, 0.2) is 5.13 Å². The number of anilines is 1. The molecule has 0 aliphatic carbocycles. The Labute approximate surface area is 121 Å². The first-order valence-electron chi connectivity index (χ1n) is 6.53. The quantitative estimate of drug-likeness (QED) is 0.829. The van der Waals surface area contributed by atoms with Crippen molar-refractivity contribution in [1.82, 2.24) is 15.2 Å². The average Bonchev–Trinajstić information content (AvgIpc) is 2.65. The number of urea groups is 1. The van der Waals surface area contributed by atoms with E-state index in [0.29, 0.717) is 0 Å². The lowest BCUT2D eigenvalue weighted by molar-refractivity contribution is -0.121. The molecular weight excluding hydrogens is 278 g/mol. The minimum absolute atomic E-state index is 0.202. The number of primary amides is 1. The molecule has 1 aromatic heterocycles. The van der Waals surface area contributed by atoms with Crippen molar-refractivity contribution in [1.29, 1.82) is 0 Å². The zero-order chi connectivity index (χ0) is 14.5. The molecule has 0 aromatic carbocycles. The lowest BCUT2D eigenvalue weighted by Crippen LogP contribution is -2.43. The molecular formula is C12H19N5O2S. The molecule has 0 atom stereocenters. The normalized spacial score (nSPS) is 16.8. The van der Waals surface area contributed by atoms with Crippen LogP contribution in [0.1, 0.15) is 12.1 Å². The number of carbonyl (C=O) groups is 2. The summed E-state index contributed by atoms with van der Waals surface area (Å²) in [6, 6.07) is -0.801. The molecule has 0 radical (unpaired) electrons. The van der Waals surface area contributed by atoms with Crippen LogP contribution in [0.15, 0.2) is 5.38 Å². The van der Waals surface area contributed by atoms with E-state index in [1.54, 1.807) is 11.3 Å². The molecule has 2 rings (SSSR count). The second-order valence-corrected chi connectivity index (χ2v) is 5.64. The van der Waals surface area contributed by atoms with Gasteiger partial charge < -0.3 is 10.6 Å². The molecule has 1 fully saturated rings. The summed E-state index contributed by atoms with van der Waals surface area (Å²) in [4.78, 5) is 30.9. The Kier molecular flexibility index (Phi) is 4.91. The molecule has 0 bridgehead atoms. The lowest BCUT2D eigenvalue weighted by Gasteiger charge is -2.20. The Morgan fingerprint density at radius 2 is 2.20 bits per heavy atom. The average molecular weight is 297 g/mol. The number of nitrogens with two attached hydrogens (primary N) is 1. The third kappa shape index (κ3) is 4.17. The van der Waals surface area contributed by atoms with Crippen LogP contribution in [-0.4, -0.2) is 54.5 Å². The zero-order valence-corrected chi connectivity index (χ0v) is 12.3. The van der Waals surface area contributed by atoms with Crippen molar-refractivity contribution in [2.24, 2.45) is 5.73 Å². The molecule has 3 N–H and O–H groups in total. The Bertz CT molecular complexity index is 490. The van der Waals surface area contributed by atoms with Crippen LogP contribution in [0.3, 0.4) is 0 Å². The first kappa shape index (κ1) is 14.7. The van der Waals surface area contributed by atoms with Gasteiger partial charge in [0.2, 0.25) is 5.91 Å². The van der Waals surface area contributed by atoms with Gasteiger partial charge in [0.1, 0.15) is 0 Å². The number of aryl methyl sites for hydroxylation is 1. The van der Waals surface area contributed by atoms with Crippen LogP contribution in [0, 0.1) is 6.92 Å². The van der Waals surface area contributed by atoms with Gasteiger partial charge in [-0.05, 0) is 13.3 Å². The second-order valence-electron chi connectivity index (χ2n) is 4.80. The number of hydrogen-bond donors (Lipinski definition) is 2. The molecule has 1 aliphatic heterocycles. The van der Waals surface area contributed by atoms with E-state index >= 15 is 0 Å². The standard InChI is InChI=1S/C12H19N5O2S/c1-9-8-20-12(14-9)17-4-2-3-16(5-6-17)7-10(18)15-11(13)19/h8H,2-7H2,1H3,(H3,13,15,18,19). The number of nitrogens with one attached hydrogen (secondary N) is 1. The van der Waals surface area contributed by atoms with E-state index < -0.39 is 6.03 Å². The molecule has 20 heavy (non-hydrogen) atoms. The topological polar surface area (TPSA) is 91.6 Å². The molecule has 1 saturated heterocycles. The van der Waals surface area contributed by atoms with Crippen LogP contribution in [-0.2, 0) is 4.79 Å². The van der Waals surface area contributed by atoms with Gasteiger partial charge in [-0.15, -0.1) is 11.3 Å². The maximum Gasteiger partial charge on any atom is 0.318 e. The number of carbonyl (C=O) groups excluding carboxylic acids is 2. The van der Waals surface area contributed by atoms with Gasteiger partial charge in [-0.25, -0.2) is 9.78 Å². The molecule has 1 aliphatic rings. The molecule has 3 amide bonds. The number of hydrogen-bond acceptors (Lipinski definition) is 6. The maximum atomic E-state index is 11.5. The zero-order valence-electron chi connectivity index (χ0n) is 11.5. The molecule has 7 nitrogen and oxygen atoms in total. The van der Waals surface area contributed by atoms with E-state index in [9.17, 15) is 9.59 Å². The molecule has 1 aromatic rings. The number of amides is 3. The number of rotatable bonds is 3. The van der Waals surface area contributed by atoms with Crippen LogP contribution in [0.5, 0.6) is 0 Å². The number of imide groups is 1. The predicted octanol–water partition coefficient (Wildman–Crippen LogP) is 0.159. The summed E-state index contributed by atoms with van der Waals surface area (Å²) < 4.78 is 0. The van der Waals surface area contributed by atoms with Gasteiger partial charge in [-0.2, -0.15) is 0 Å². The van der Waals surface area contributed by atoms with Gasteiger partial charge in [0.25, 0.3) is 0 Å². The van der Waals surface area contributed by atoms with E-state index in [2.05, 4.69) is 15.2 Å². The highest BCUT2D eigenvalue weighted by Crippen LogP contribution is 2.21. The van der Waals surface area contributed by atoms with Gasteiger partial charge >= 0.3 is 6.03 Å². The lowest BCUT2D eigenvalue weighted by atomic mass is 10.4. The molecule has 0 spiro atoms. The Morgan fingerprint density at radius 3 is 2.85 bits per heavy atom. The number of thiazole rings is 1. The summed E-state index contributed by atoms with van der Waals surface area (Å²) >= 11 is 1.64. The van der Waals surface area contributed by atoms with Crippen molar-refractivity contribution in [2.75, 3.05) is 37.6 Å². The third-order valence-corrected chi connectivity index (χ3v) is 4.12. The van der Waals surface area contributed by atoms with Crippen LogP contribution >= 0.6 is 11.3 Å². The number of nitrogens with zero attached hydrogens (tertiary/aromatic N) is 3. The minimum Gasteiger partial charge on any atom is -0.351 e. The van der Waals surface area contributed by atoms with Gasteiger partial charge in [0, 0.05) is 31.6 Å². The van der Waals surface area contributed by atoms with E-state index in [1.807, 2.05) is 17.2 Å². The van der Waals surface area contributed by atoms with Gasteiger partial charge in [0.05, 0.1) is 12.2 Å². The fourth-order valence-corrected chi connectivity index (χ4v) is 3.04. The smallest absolute Gasteiger partial charge is 0.318 e. The SMILES string of the molecule is Cc1csc(N2CCCN(CC(=O)NC(N)=O)CC2)n1. The van der Waals surface area contributed by atoms with E-state index in [4.69, 9.17) is 5.73 Å². The molecule has 110 valence electrons. The largest absolute Gasteiger partial charge is 0.351 e. The molecule has 0 unspecified atom stereocenters. The van der Waals surface area contributed by atoms with Crippen LogP contribution in [0.4, 0.5) is 9.93 Å². The van der Waals surface area contributed by atoms with E-state index in [0.717, 1.165) is 43.4 Å². The van der Waals surface area contributed by atoms with Crippen molar-refractivity contribution < 1.29 is 9.59 Å². The first-order valence-corrected chi connectivity index (χ1v) is 7.41. The second kappa shape index (κ2) is 6.67. The highest BCUT2D eigenvalue weighted by Gasteiger charge is 2.19. The van der Waals surface area contributed by atoms with Crippen molar-refractivity contribution in [2.45, 2.75) is 13.3 Å². The summed E-state index contributed by atoms with van der Waals surface area (Å²) in [5, 5.41) is 5.16. The summed E-state index contributed by atoms with van der Waals surface area (Å²) in [6.07, 6.45) is 0.961. The molecule has 2 heterocycles. The van der Waals surface area contributed by atoms with Crippen molar-refractivity contribution in [3.63, 3.8) is 0 Å². The van der Waals surface area contributed by atoms with Gasteiger partial charge in [-0.3, -0.25) is 15.0 Å². The fourth-order valence-electron chi connectivity index (χ4n) is 2.19. The monoisotopic (exact) mass is 297 g/mol. The first-order chi connectivity index (χ1) is 9.54. The Hall–Kier alpha value is -1.67. The van der Waals surface area contributed by atoms with E-state index in [1.165, 1.54) is 0 Å². The summed E-state index contributed by atoms with van der Waals surface area (Å²) in [5.41, 5.74) is 5.96. The summed E-state index contributed by atoms with van der Waals surface area (Å²) in [7, 11) is 0. The fraction of sp³-hybridized carbons (Fsp3) is 0.583. The predicted molar refractivity (Wildman–Crippen MR) is 77.8 cm³/mol. The Balaban J connectivity index is 1.86. The molecule has 0 saturated carbocycles. The highest BCUT2D eigenvalue weighted by molar-refractivity contribution is 7.13. The van der Waals surface area contributed by atoms with Crippen molar-refractivity contribution in [3.8, 4) is 0 Å². The maximum absolute atomic E-state index is 11.5. The minimum atomic E-state index is -0.801. The number of aromatic nitrogens is 1. The van der Waals surface area contributed by atoms with Crippen LogP contribution in [0.25, 0.3) is 0 Å². The van der Waals surface area contributed by atoms with Gasteiger partial charge in [-0.1, -0.05) is 0 Å². The highest BCUT2D eigenvalue weighted by atomic mass is 32.1. The third-order valence-electron chi connectivity index (χ3n) is 3.10. The van der Waals surface area contributed by atoms with Crippen molar-refractivity contribution >= 4 is 28.4 Å². The van der Waals surface area contributed by atoms with Crippen LogP contribution < -0.4 is 16.0 Å².